The highest BCUT2D eigenvalue weighted by Crippen LogP contribution is 2.38. The molecule has 92 valence electrons. The van der Waals surface area contributed by atoms with E-state index in [0.29, 0.717) is 5.92 Å². The third kappa shape index (κ3) is 2.21. The Morgan fingerprint density at radius 3 is 3.00 bits per heavy atom. The fourth-order valence-electron chi connectivity index (χ4n) is 2.64. The lowest BCUT2D eigenvalue weighted by atomic mass is 9.90. The Morgan fingerprint density at radius 2 is 2.24 bits per heavy atom. The lowest BCUT2D eigenvalue weighted by molar-refractivity contribution is 0.0854. The van der Waals surface area contributed by atoms with Crippen LogP contribution in [0.15, 0.2) is 22.7 Å². The van der Waals surface area contributed by atoms with Gasteiger partial charge in [-0.1, -0.05) is 22.0 Å². The third-order valence-electron chi connectivity index (χ3n) is 3.63. The molecule has 2 N–H and O–H groups in total. The van der Waals surface area contributed by atoms with Crippen LogP contribution in [0.5, 0.6) is 5.75 Å². The average Bonchev–Trinajstić information content (AvgIpc) is 2.81. The second kappa shape index (κ2) is 4.59. The summed E-state index contributed by atoms with van der Waals surface area (Å²) < 4.78 is 12.5. The number of hydrogen-bond acceptors (Lipinski definition) is 3. The minimum atomic E-state index is 0.0810. The normalized spacial score (nSPS) is 32.0. The van der Waals surface area contributed by atoms with E-state index in [9.17, 15) is 0 Å². The van der Waals surface area contributed by atoms with E-state index in [1.54, 1.807) is 0 Å². The number of fused-ring (bicyclic) bond motifs is 1. The van der Waals surface area contributed by atoms with Crippen LogP contribution in [0.2, 0.25) is 0 Å². The summed E-state index contributed by atoms with van der Waals surface area (Å²) in [4.78, 5) is 0. The van der Waals surface area contributed by atoms with E-state index in [1.807, 2.05) is 18.2 Å². The van der Waals surface area contributed by atoms with Crippen LogP contribution in [-0.4, -0.2) is 19.3 Å². The van der Waals surface area contributed by atoms with Gasteiger partial charge in [0.15, 0.2) is 0 Å². The number of ether oxygens (including phenoxy) is 2. The minimum absolute atomic E-state index is 0.0810. The molecule has 0 saturated carbocycles. The molecule has 2 aliphatic rings. The maximum absolute atomic E-state index is 6.22. The molecule has 4 heteroatoms. The third-order valence-corrected chi connectivity index (χ3v) is 4.12. The van der Waals surface area contributed by atoms with Gasteiger partial charge in [0.1, 0.15) is 11.9 Å². The van der Waals surface area contributed by atoms with E-state index in [4.69, 9.17) is 15.2 Å². The van der Waals surface area contributed by atoms with Crippen molar-refractivity contribution in [1.29, 1.82) is 0 Å². The first kappa shape index (κ1) is 11.5. The van der Waals surface area contributed by atoms with Gasteiger partial charge in [-0.15, -0.1) is 0 Å². The van der Waals surface area contributed by atoms with Crippen LogP contribution in [0.25, 0.3) is 0 Å². The molecule has 2 unspecified atom stereocenters. The first-order valence-electron chi connectivity index (χ1n) is 6.03. The Balaban J connectivity index is 1.85. The zero-order chi connectivity index (χ0) is 11.8. The van der Waals surface area contributed by atoms with Crippen molar-refractivity contribution in [3.05, 3.63) is 28.2 Å². The summed E-state index contributed by atoms with van der Waals surface area (Å²) in [6.45, 7) is 1.66. The largest absolute Gasteiger partial charge is 0.490 e. The number of benzene rings is 1. The Kier molecular flexibility index (Phi) is 3.11. The Hall–Kier alpha value is -0.580. The number of rotatable bonds is 1. The lowest BCUT2D eigenvalue weighted by Gasteiger charge is -2.33. The Labute approximate surface area is 109 Å². The van der Waals surface area contributed by atoms with Gasteiger partial charge >= 0.3 is 0 Å². The van der Waals surface area contributed by atoms with Gasteiger partial charge in [0, 0.05) is 35.0 Å². The minimum Gasteiger partial charge on any atom is -0.490 e. The van der Waals surface area contributed by atoms with Gasteiger partial charge in [-0.2, -0.15) is 0 Å². The van der Waals surface area contributed by atoms with Crippen LogP contribution < -0.4 is 10.5 Å². The molecular weight excluding hydrogens is 282 g/mol. The fraction of sp³-hybridized carbons (Fsp3) is 0.538. The van der Waals surface area contributed by atoms with Gasteiger partial charge in [0.25, 0.3) is 0 Å². The van der Waals surface area contributed by atoms with Gasteiger partial charge < -0.3 is 15.2 Å². The summed E-state index contributed by atoms with van der Waals surface area (Å²) in [5, 5.41) is 0. The van der Waals surface area contributed by atoms with Crippen molar-refractivity contribution < 1.29 is 9.47 Å². The molecule has 3 rings (SSSR count). The average molecular weight is 298 g/mol. The highest BCUT2D eigenvalue weighted by Gasteiger charge is 2.33. The first-order chi connectivity index (χ1) is 8.24. The number of hydrogen-bond donors (Lipinski definition) is 1. The molecule has 0 amide bonds. The topological polar surface area (TPSA) is 44.5 Å². The SMILES string of the molecule is N[C@H]1CC(C2CCOC2)Oc2cc(Br)ccc21. The second-order valence-corrected chi connectivity index (χ2v) is 5.72. The molecule has 0 aliphatic carbocycles. The molecule has 1 aromatic rings. The van der Waals surface area contributed by atoms with E-state index in [1.165, 1.54) is 0 Å². The standard InChI is InChI=1S/C13H16BrNO2/c14-9-1-2-10-11(15)6-12(17-13(10)5-9)8-3-4-16-7-8/h1-2,5,8,11-12H,3-4,6-7,15H2/t8?,11-,12?/m0/s1. The van der Waals surface area contributed by atoms with Crippen molar-refractivity contribution in [2.45, 2.75) is 25.0 Å². The van der Waals surface area contributed by atoms with Crippen LogP contribution in [0.4, 0.5) is 0 Å². The molecule has 0 bridgehead atoms. The van der Waals surface area contributed by atoms with Gasteiger partial charge in [-0.3, -0.25) is 0 Å². The van der Waals surface area contributed by atoms with E-state index in [-0.39, 0.29) is 12.1 Å². The van der Waals surface area contributed by atoms with Crippen molar-refractivity contribution in [3.63, 3.8) is 0 Å². The number of nitrogens with two attached hydrogens (primary N) is 1. The zero-order valence-electron chi connectivity index (χ0n) is 9.56. The summed E-state index contributed by atoms with van der Waals surface area (Å²) >= 11 is 3.47. The summed E-state index contributed by atoms with van der Waals surface area (Å²) in [6.07, 6.45) is 2.18. The molecule has 0 aromatic heterocycles. The molecule has 17 heavy (non-hydrogen) atoms. The highest BCUT2D eigenvalue weighted by atomic mass is 79.9. The summed E-state index contributed by atoms with van der Waals surface area (Å²) in [7, 11) is 0. The molecule has 0 radical (unpaired) electrons. The number of halogens is 1. The summed E-state index contributed by atoms with van der Waals surface area (Å²) in [5.41, 5.74) is 7.33. The summed E-state index contributed by atoms with van der Waals surface area (Å²) in [6, 6.07) is 6.15. The predicted molar refractivity (Wildman–Crippen MR) is 69.0 cm³/mol. The molecule has 3 nitrogen and oxygen atoms in total. The van der Waals surface area contributed by atoms with E-state index in [2.05, 4.69) is 15.9 Å². The molecule has 0 spiro atoms. The Morgan fingerprint density at radius 1 is 1.35 bits per heavy atom. The molecule has 1 aromatic carbocycles. The zero-order valence-corrected chi connectivity index (χ0v) is 11.2. The predicted octanol–water partition coefficient (Wildman–Crippen LogP) is 2.64. The smallest absolute Gasteiger partial charge is 0.125 e. The van der Waals surface area contributed by atoms with Gasteiger partial charge in [-0.05, 0) is 18.6 Å². The molecule has 1 saturated heterocycles. The summed E-state index contributed by atoms with van der Waals surface area (Å²) in [5.74, 6) is 1.42. The van der Waals surface area contributed by atoms with E-state index >= 15 is 0 Å². The Bertz CT molecular complexity index is 418. The molecule has 1 fully saturated rings. The quantitative estimate of drug-likeness (QED) is 0.867. The second-order valence-electron chi connectivity index (χ2n) is 4.80. The maximum Gasteiger partial charge on any atom is 0.125 e. The van der Waals surface area contributed by atoms with Gasteiger partial charge in [0.05, 0.1) is 6.61 Å². The monoisotopic (exact) mass is 297 g/mol. The van der Waals surface area contributed by atoms with Crippen LogP contribution in [0.3, 0.4) is 0 Å². The van der Waals surface area contributed by atoms with Crippen molar-refractivity contribution in [2.24, 2.45) is 11.7 Å². The molecule has 2 heterocycles. The van der Waals surface area contributed by atoms with Crippen LogP contribution >= 0.6 is 15.9 Å². The van der Waals surface area contributed by atoms with Crippen molar-refractivity contribution in [1.82, 2.24) is 0 Å². The maximum atomic E-state index is 6.22. The first-order valence-corrected chi connectivity index (χ1v) is 6.83. The highest BCUT2D eigenvalue weighted by molar-refractivity contribution is 9.10. The van der Waals surface area contributed by atoms with Gasteiger partial charge in [0.2, 0.25) is 0 Å². The molecule has 3 atom stereocenters. The van der Waals surface area contributed by atoms with Gasteiger partial charge in [-0.25, -0.2) is 0 Å². The van der Waals surface area contributed by atoms with Crippen molar-refractivity contribution in [3.8, 4) is 5.75 Å². The van der Waals surface area contributed by atoms with Crippen LogP contribution in [0.1, 0.15) is 24.4 Å². The van der Waals surface area contributed by atoms with E-state index in [0.717, 1.165) is 41.8 Å². The molecule has 2 aliphatic heterocycles. The van der Waals surface area contributed by atoms with E-state index < -0.39 is 0 Å². The lowest BCUT2D eigenvalue weighted by Crippen LogP contribution is -2.35. The van der Waals surface area contributed by atoms with Crippen molar-refractivity contribution in [2.75, 3.05) is 13.2 Å². The van der Waals surface area contributed by atoms with Crippen LogP contribution in [-0.2, 0) is 4.74 Å². The van der Waals surface area contributed by atoms with Crippen LogP contribution in [0, 0.1) is 5.92 Å². The fourth-order valence-corrected chi connectivity index (χ4v) is 2.98. The molecular formula is C13H16BrNO2. The van der Waals surface area contributed by atoms with Crippen molar-refractivity contribution >= 4 is 15.9 Å².